The lowest BCUT2D eigenvalue weighted by molar-refractivity contribution is -0.149. The predicted octanol–water partition coefficient (Wildman–Crippen LogP) is 1.31. The van der Waals surface area contributed by atoms with Crippen LogP contribution in [0.1, 0.15) is 27.7 Å². The largest absolute Gasteiger partial charge is 0.326 e. The Bertz CT molecular complexity index is 294. The topological polar surface area (TPSA) is 40.6 Å². The number of hydrogen-bond donors (Lipinski definition) is 0. The number of imide groups is 1. The summed E-state index contributed by atoms with van der Waals surface area (Å²) >= 11 is 0. The molecule has 1 saturated heterocycles. The van der Waals surface area contributed by atoms with Gasteiger partial charge in [-0.1, -0.05) is 0 Å². The van der Waals surface area contributed by atoms with Crippen molar-refractivity contribution in [1.82, 2.24) is 9.80 Å². The van der Waals surface area contributed by atoms with E-state index in [0.29, 0.717) is 0 Å². The average molecular weight is 198 g/mol. The first-order chi connectivity index (χ1) is 6.14. The zero-order chi connectivity index (χ0) is 11.3. The van der Waals surface area contributed by atoms with Crippen LogP contribution in [0.2, 0.25) is 0 Å². The van der Waals surface area contributed by atoms with Crippen LogP contribution in [0.15, 0.2) is 0 Å². The number of hydrogen-bond acceptors (Lipinski definition) is 2. The van der Waals surface area contributed by atoms with E-state index in [9.17, 15) is 9.59 Å². The van der Waals surface area contributed by atoms with Crippen molar-refractivity contribution >= 4 is 11.9 Å². The standard InChI is InChI=1S/C10H18N2O2/c1-9(2)7(13)11(5)8(14)12(6)10(9,3)4/h1-6H3. The molecule has 4 heteroatoms. The molecule has 1 aliphatic rings. The number of carbonyl (C=O) groups excluding carboxylic acids is 2. The minimum absolute atomic E-state index is 0.120. The van der Waals surface area contributed by atoms with Crippen molar-refractivity contribution in [2.24, 2.45) is 5.41 Å². The van der Waals surface area contributed by atoms with Crippen molar-refractivity contribution < 1.29 is 9.59 Å². The SMILES string of the molecule is CN1C(=O)N(C)C(C)(C)C(C)(C)C1=O. The zero-order valence-electron chi connectivity index (χ0n) is 9.71. The molecule has 0 bridgehead atoms. The van der Waals surface area contributed by atoms with Crippen molar-refractivity contribution in [3.8, 4) is 0 Å². The van der Waals surface area contributed by atoms with E-state index in [1.807, 2.05) is 27.7 Å². The second-order valence-electron chi connectivity index (χ2n) is 4.89. The molecule has 3 amide bonds. The molecule has 0 spiro atoms. The van der Waals surface area contributed by atoms with Crippen molar-refractivity contribution in [3.63, 3.8) is 0 Å². The van der Waals surface area contributed by atoms with Crippen LogP contribution in [-0.4, -0.2) is 41.4 Å². The van der Waals surface area contributed by atoms with Crippen molar-refractivity contribution in [1.29, 1.82) is 0 Å². The average Bonchev–Trinajstić information content (AvgIpc) is 2.10. The Hall–Kier alpha value is -1.06. The van der Waals surface area contributed by atoms with Gasteiger partial charge in [-0.15, -0.1) is 0 Å². The molecule has 0 aromatic carbocycles. The molecule has 0 N–H and O–H groups in total. The van der Waals surface area contributed by atoms with Gasteiger partial charge in [-0.05, 0) is 27.7 Å². The van der Waals surface area contributed by atoms with E-state index in [2.05, 4.69) is 0 Å². The van der Waals surface area contributed by atoms with Gasteiger partial charge in [0.15, 0.2) is 0 Å². The van der Waals surface area contributed by atoms with Crippen LogP contribution in [0, 0.1) is 5.41 Å². The summed E-state index contributed by atoms with van der Waals surface area (Å²) in [5, 5.41) is 0. The smallest absolute Gasteiger partial charge is 0.321 e. The Kier molecular flexibility index (Phi) is 2.14. The Morgan fingerprint density at radius 2 is 1.43 bits per heavy atom. The summed E-state index contributed by atoms with van der Waals surface area (Å²) in [4.78, 5) is 26.4. The molecule has 0 aromatic heterocycles. The van der Waals surface area contributed by atoms with Gasteiger partial charge >= 0.3 is 6.03 Å². The predicted molar refractivity (Wildman–Crippen MR) is 53.8 cm³/mol. The summed E-state index contributed by atoms with van der Waals surface area (Å²) in [5.41, 5.74) is -1.00. The molecule has 0 unspecified atom stereocenters. The van der Waals surface area contributed by atoms with Gasteiger partial charge in [0.05, 0.1) is 11.0 Å². The number of carbonyl (C=O) groups is 2. The molecule has 0 aromatic rings. The first-order valence-electron chi connectivity index (χ1n) is 4.70. The van der Waals surface area contributed by atoms with Crippen molar-refractivity contribution in [3.05, 3.63) is 0 Å². The van der Waals surface area contributed by atoms with E-state index in [-0.39, 0.29) is 11.9 Å². The maximum Gasteiger partial charge on any atom is 0.326 e. The van der Waals surface area contributed by atoms with E-state index in [0.717, 1.165) is 0 Å². The fourth-order valence-electron chi connectivity index (χ4n) is 1.65. The van der Waals surface area contributed by atoms with E-state index >= 15 is 0 Å². The lowest BCUT2D eigenvalue weighted by Crippen LogP contribution is -2.68. The van der Waals surface area contributed by atoms with Gasteiger partial charge in [-0.2, -0.15) is 0 Å². The number of amides is 3. The van der Waals surface area contributed by atoms with Crippen LogP contribution in [0.5, 0.6) is 0 Å². The van der Waals surface area contributed by atoms with E-state index in [1.54, 1.807) is 11.9 Å². The highest BCUT2D eigenvalue weighted by Gasteiger charge is 2.54. The van der Waals surface area contributed by atoms with Gasteiger partial charge in [-0.3, -0.25) is 9.69 Å². The van der Waals surface area contributed by atoms with Gasteiger partial charge in [0.1, 0.15) is 0 Å². The molecule has 0 atom stereocenters. The van der Waals surface area contributed by atoms with Gasteiger partial charge < -0.3 is 4.90 Å². The van der Waals surface area contributed by atoms with Crippen LogP contribution in [0.3, 0.4) is 0 Å². The molecule has 0 saturated carbocycles. The zero-order valence-corrected chi connectivity index (χ0v) is 9.71. The molecule has 80 valence electrons. The van der Waals surface area contributed by atoms with Gasteiger partial charge in [0, 0.05) is 14.1 Å². The Labute approximate surface area is 84.9 Å². The normalized spacial score (nSPS) is 25.6. The lowest BCUT2D eigenvalue weighted by atomic mass is 9.71. The number of rotatable bonds is 0. The molecule has 1 fully saturated rings. The molecular formula is C10H18N2O2. The van der Waals surface area contributed by atoms with E-state index in [1.165, 1.54) is 11.9 Å². The molecule has 1 aliphatic heterocycles. The van der Waals surface area contributed by atoms with Gasteiger partial charge in [0.25, 0.3) is 0 Å². The fourth-order valence-corrected chi connectivity index (χ4v) is 1.65. The van der Waals surface area contributed by atoms with E-state index in [4.69, 9.17) is 0 Å². The van der Waals surface area contributed by atoms with Crippen LogP contribution < -0.4 is 0 Å². The van der Waals surface area contributed by atoms with Gasteiger partial charge in [0.2, 0.25) is 5.91 Å². The molecule has 0 aliphatic carbocycles. The van der Waals surface area contributed by atoms with E-state index < -0.39 is 11.0 Å². The van der Waals surface area contributed by atoms with Crippen molar-refractivity contribution in [2.75, 3.05) is 14.1 Å². The molecular weight excluding hydrogens is 180 g/mol. The Morgan fingerprint density at radius 3 is 1.86 bits per heavy atom. The van der Waals surface area contributed by atoms with Crippen LogP contribution >= 0.6 is 0 Å². The Morgan fingerprint density at radius 1 is 1.00 bits per heavy atom. The van der Waals surface area contributed by atoms with Crippen LogP contribution in [0.4, 0.5) is 4.79 Å². The fraction of sp³-hybridized carbons (Fsp3) is 0.800. The minimum atomic E-state index is -0.551. The van der Waals surface area contributed by atoms with Crippen LogP contribution in [-0.2, 0) is 4.79 Å². The highest BCUT2D eigenvalue weighted by Crippen LogP contribution is 2.40. The summed E-state index contributed by atoms with van der Waals surface area (Å²) in [5.74, 6) is -0.120. The summed E-state index contributed by atoms with van der Waals surface area (Å²) in [6.45, 7) is 7.56. The maximum absolute atomic E-state index is 11.9. The van der Waals surface area contributed by atoms with Gasteiger partial charge in [-0.25, -0.2) is 4.79 Å². The summed E-state index contributed by atoms with van der Waals surface area (Å²) in [6, 6.07) is -0.237. The highest BCUT2D eigenvalue weighted by molar-refractivity contribution is 6.00. The molecule has 14 heavy (non-hydrogen) atoms. The monoisotopic (exact) mass is 198 g/mol. The lowest BCUT2D eigenvalue weighted by Gasteiger charge is -2.52. The molecule has 1 rings (SSSR count). The van der Waals surface area contributed by atoms with Crippen LogP contribution in [0.25, 0.3) is 0 Å². The van der Waals surface area contributed by atoms with Crippen molar-refractivity contribution in [2.45, 2.75) is 33.2 Å². The highest BCUT2D eigenvalue weighted by atomic mass is 16.2. The maximum atomic E-state index is 11.9. The second-order valence-corrected chi connectivity index (χ2v) is 4.89. The summed E-state index contributed by atoms with van der Waals surface area (Å²) < 4.78 is 0. The molecule has 0 radical (unpaired) electrons. The minimum Gasteiger partial charge on any atom is -0.321 e. The third kappa shape index (κ3) is 1.06. The Balaban J connectivity index is 3.24. The number of nitrogens with zero attached hydrogens (tertiary/aromatic N) is 2. The summed E-state index contributed by atoms with van der Waals surface area (Å²) in [6.07, 6.45) is 0. The molecule has 4 nitrogen and oxygen atoms in total. The third-order valence-corrected chi connectivity index (χ3v) is 3.78. The third-order valence-electron chi connectivity index (χ3n) is 3.78. The first-order valence-corrected chi connectivity index (χ1v) is 4.70. The number of urea groups is 1. The quantitative estimate of drug-likeness (QED) is 0.589. The summed E-state index contributed by atoms with van der Waals surface area (Å²) in [7, 11) is 3.26. The first kappa shape index (κ1) is 11.0. The second kappa shape index (κ2) is 2.72. The molecule has 1 heterocycles.